The normalized spacial score (nSPS) is 23.0. The minimum Gasteiger partial charge on any atom is -0.352 e. The Labute approximate surface area is 79.4 Å². The van der Waals surface area contributed by atoms with Gasteiger partial charge in [-0.15, -0.1) is 0 Å². The molecule has 1 amide bonds. The van der Waals surface area contributed by atoms with E-state index >= 15 is 0 Å². The molecule has 1 aliphatic rings. The number of piperidine rings is 1. The molecule has 3 N–H and O–H groups in total. The number of nitrogens with two attached hydrogens (primary N) is 1. The number of amides is 1. The highest BCUT2D eigenvalue weighted by Gasteiger charge is 2.22. The molecule has 0 aliphatic carbocycles. The third kappa shape index (κ3) is 3.19. The second-order valence-electron chi connectivity index (χ2n) is 3.65. The summed E-state index contributed by atoms with van der Waals surface area (Å²) in [5.74, 6) is 0.331. The first-order valence-electron chi connectivity index (χ1n) is 4.88. The lowest BCUT2D eigenvalue weighted by Crippen LogP contribution is -2.37. The van der Waals surface area contributed by atoms with Crippen LogP contribution in [0.25, 0.3) is 0 Å². The van der Waals surface area contributed by atoms with Crippen LogP contribution in [0.1, 0.15) is 25.7 Å². The van der Waals surface area contributed by atoms with Crippen LogP contribution in [-0.2, 0) is 4.79 Å². The van der Waals surface area contributed by atoms with Crippen molar-refractivity contribution in [1.82, 2.24) is 5.32 Å². The lowest BCUT2D eigenvalue weighted by Gasteiger charge is -2.23. The maximum atomic E-state index is 11.4. The first-order valence-corrected chi connectivity index (χ1v) is 4.88. The van der Waals surface area contributed by atoms with Gasteiger partial charge in [-0.3, -0.25) is 4.79 Å². The molecule has 1 rings (SSSR count). The lowest BCUT2D eigenvalue weighted by atomic mass is 9.91. The Morgan fingerprint density at radius 2 is 2.31 bits per heavy atom. The third-order valence-electron chi connectivity index (χ3n) is 2.43. The molecule has 13 heavy (non-hydrogen) atoms. The highest BCUT2D eigenvalue weighted by Crippen LogP contribution is 2.20. The van der Waals surface area contributed by atoms with Crippen molar-refractivity contribution in [3.8, 4) is 0 Å². The first kappa shape index (κ1) is 10.3. The molecule has 74 valence electrons. The minimum absolute atomic E-state index is 0.146. The smallest absolute Gasteiger partial charge is 0.223 e. The van der Waals surface area contributed by atoms with Gasteiger partial charge in [0.2, 0.25) is 5.91 Å². The van der Waals surface area contributed by atoms with Crippen LogP contribution in [0.5, 0.6) is 0 Å². The van der Waals surface area contributed by atoms with E-state index in [1.165, 1.54) is 0 Å². The molecular weight excluding hydrogens is 164 g/mol. The Hall–Kier alpha value is -0.830. The van der Waals surface area contributed by atoms with Crippen LogP contribution in [-0.4, -0.2) is 19.0 Å². The number of carbonyl (C=O) groups excluding carboxylic acids is 1. The quantitative estimate of drug-likeness (QED) is 0.499. The molecule has 1 aliphatic heterocycles. The Balaban J connectivity index is 2.29. The van der Waals surface area contributed by atoms with Gasteiger partial charge in [-0.2, -0.15) is 0 Å². The average molecular weight is 182 g/mol. The summed E-state index contributed by atoms with van der Waals surface area (Å²) in [6, 6.07) is 0. The second-order valence-corrected chi connectivity index (χ2v) is 3.65. The van der Waals surface area contributed by atoms with Crippen molar-refractivity contribution in [2.45, 2.75) is 25.7 Å². The zero-order valence-corrected chi connectivity index (χ0v) is 8.01. The van der Waals surface area contributed by atoms with Crippen LogP contribution >= 0.6 is 0 Å². The monoisotopic (exact) mass is 182 g/mol. The zero-order chi connectivity index (χ0) is 9.68. The highest BCUT2D eigenvalue weighted by atomic mass is 16.1. The molecule has 0 aromatic heterocycles. The fourth-order valence-electron chi connectivity index (χ4n) is 1.64. The Morgan fingerprint density at radius 1 is 1.54 bits per heavy atom. The van der Waals surface area contributed by atoms with E-state index in [0.29, 0.717) is 6.54 Å². The molecule has 0 aromatic carbocycles. The van der Waals surface area contributed by atoms with Crippen molar-refractivity contribution in [3.63, 3.8) is 0 Å². The van der Waals surface area contributed by atoms with E-state index in [-0.39, 0.29) is 11.8 Å². The predicted molar refractivity (Wildman–Crippen MR) is 53.2 cm³/mol. The maximum Gasteiger partial charge on any atom is 0.223 e. The molecule has 0 spiro atoms. The van der Waals surface area contributed by atoms with Gasteiger partial charge in [0.05, 0.1) is 0 Å². The van der Waals surface area contributed by atoms with Gasteiger partial charge in [0.25, 0.3) is 0 Å². The van der Waals surface area contributed by atoms with Crippen LogP contribution in [0.2, 0.25) is 0 Å². The largest absolute Gasteiger partial charge is 0.352 e. The van der Waals surface area contributed by atoms with Crippen LogP contribution in [0, 0.1) is 5.92 Å². The summed E-state index contributed by atoms with van der Waals surface area (Å²) in [4.78, 5) is 11.4. The maximum absolute atomic E-state index is 11.4. The predicted octanol–water partition coefficient (Wildman–Crippen LogP) is 0.808. The standard InChI is InChI=1S/C10H18N2O/c1-8-6-9(4-2-3-5-11)10(13)12-7-8/h9H,1-7,11H2,(H,12,13)/t9-/m1/s1. The summed E-state index contributed by atoms with van der Waals surface area (Å²) in [6.45, 7) is 5.26. The van der Waals surface area contributed by atoms with Gasteiger partial charge in [-0.1, -0.05) is 18.6 Å². The summed E-state index contributed by atoms with van der Waals surface area (Å²) < 4.78 is 0. The van der Waals surface area contributed by atoms with Crippen molar-refractivity contribution in [1.29, 1.82) is 0 Å². The average Bonchev–Trinajstić information content (AvgIpc) is 2.11. The summed E-state index contributed by atoms with van der Waals surface area (Å²) in [7, 11) is 0. The van der Waals surface area contributed by atoms with Crippen molar-refractivity contribution in [2.75, 3.05) is 13.1 Å². The second kappa shape index (κ2) is 5.02. The van der Waals surface area contributed by atoms with Gasteiger partial charge in [-0.25, -0.2) is 0 Å². The van der Waals surface area contributed by atoms with Crippen LogP contribution in [0.15, 0.2) is 12.2 Å². The van der Waals surface area contributed by atoms with Gasteiger partial charge in [0, 0.05) is 12.5 Å². The number of nitrogens with one attached hydrogen (secondary N) is 1. The fourth-order valence-corrected chi connectivity index (χ4v) is 1.64. The molecule has 0 aromatic rings. The molecule has 1 heterocycles. The zero-order valence-electron chi connectivity index (χ0n) is 8.01. The van der Waals surface area contributed by atoms with Crippen molar-refractivity contribution in [3.05, 3.63) is 12.2 Å². The summed E-state index contributed by atoms with van der Waals surface area (Å²) >= 11 is 0. The molecule has 3 heteroatoms. The number of hydrogen-bond donors (Lipinski definition) is 2. The van der Waals surface area contributed by atoms with Gasteiger partial charge in [0.1, 0.15) is 0 Å². The van der Waals surface area contributed by atoms with E-state index in [9.17, 15) is 4.79 Å². The molecule has 1 fully saturated rings. The summed E-state index contributed by atoms with van der Waals surface area (Å²) in [6.07, 6.45) is 3.86. The topological polar surface area (TPSA) is 55.1 Å². The van der Waals surface area contributed by atoms with Gasteiger partial charge < -0.3 is 11.1 Å². The van der Waals surface area contributed by atoms with Crippen LogP contribution in [0.3, 0.4) is 0 Å². The van der Waals surface area contributed by atoms with Crippen LogP contribution < -0.4 is 11.1 Å². The van der Waals surface area contributed by atoms with E-state index in [1.807, 2.05) is 0 Å². The van der Waals surface area contributed by atoms with E-state index in [2.05, 4.69) is 11.9 Å². The fraction of sp³-hybridized carbons (Fsp3) is 0.700. The molecule has 0 unspecified atom stereocenters. The highest BCUT2D eigenvalue weighted by molar-refractivity contribution is 5.80. The molecule has 1 saturated heterocycles. The summed E-state index contributed by atoms with van der Waals surface area (Å²) in [5.41, 5.74) is 6.52. The summed E-state index contributed by atoms with van der Waals surface area (Å²) in [5, 5.41) is 2.84. The SMILES string of the molecule is C=C1CNC(=O)[C@H](CCCCN)C1. The number of unbranched alkanes of at least 4 members (excludes halogenated alkanes) is 1. The van der Waals surface area contributed by atoms with E-state index < -0.39 is 0 Å². The number of hydrogen-bond acceptors (Lipinski definition) is 2. The van der Waals surface area contributed by atoms with Crippen molar-refractivity contribution < 1.29 is 4.79 Å². The van der Waals surface area contributed by atoms with Gasteiger partial charge >= 0.3 is 0 Å². The Morgan fingerprint density at radius 3 is 3.00 bits per heavy atom. The molecular formula is C10H18N2O. The van der Waals surface area contributed by atoms with E-state index in [1.54, 1.807) is 0 Å². The number of rotatable bonds is 4. The Bertz CT molecular complexity index is 201. The lowest BCUT2D eigenvalue weighted by molar-refractivity contribution is -0.125. The molecule has 0 saturated carbocycles. The molecule has 1 atom stereocenters. The van der Waals surface area contributed by atoms with E-state index in [0.717, 1.165) is 37.8 Å². The Kier molecular flexibility index (Phi) is 3.96. The van der Waals surface area contributed by atoms with Crippen molar-refractivity contribution >= 4 is 5.91 Å². The van der Waals surface area contributed by atoms with Crippen molar-refractivity contribution in [2.24, 2.45) is 11.7 Å². The minimum atomic E-state index is 0.146. The van der Waals surface area contributed by atoms with Gasteiger partial charge in [0.15, 0.2) is 0 Å². The third-order valence-corrected chi connectivity index (χ3v) is 2.43. The van der Waals surface area contributed by atoms with Gasteiger partial charge in [-0.05, 0) is 25.8 Å². The first-order chi connectivity index (χ1) is 6.24. The van der Waals surface area contributed by atoms with Crippen LogP contribution in [0.4, 0.5) is 0 Å². The molecule has 0 bridgehead atoms. The molecule has 3 nitrogen and oxygen atoms in total. The number of carbonyl (C=O) groups is 1. The van der Waals surface area contributed by atoms with E-state index in [4.69, 9.17) is 5.73 Å². The molecule has 0 radical (unpaired) electrons.